The van der Waals surface area contributed by atoms with Crippen molar-refractivity contribution in [3.05, 3.63) is 71.1 Å². The molecule has 0 saturated heterocycles. The Morgan fingerprint density at radius 1 is 0.947 bits per heavy atom. The van der Waals surface area contributed by atoms with Crippen LogP contribution in [-0.4, -0.2) is 16.2 Å². The topological polar surface area (TPSA) is 57.5 Å². The fourth-order valence-electron chi connectivity index (χ4n) is 1.54. The van der Waals surface area contributed by atoms with E-state index in [-0.39, 0.29) is 11.3 Å². The van der Waals surface area contributed by atoms with Crippen molar-refractivity contribution < 1.29 is 15.0 Å². The van der Waals surface area contributed by atoms with Gasteiger partial charge >= 0.3 is 5.97 Å². The smallest absolute Gasteiger partial charge is 0.336 e. The van der Waals surface area contributed by atoms with Gasteiger partial charge in [-0.25, -0.2) is 4.79 Å². The van der Waals surface area contributed by atoms with Crippen LogP contribution in [0.25, 0.3) is 5.76 Å². The molecule has 2 aromatic carbocycles. The molecule has 0 radical (unpaired) electrons. The van der Waals surface area contributed by atoms with Gasteiger partial charge in [0.05, 0.1) is 5.56 Å². The van der Waals surface area contributed by atoms with Crippen LogP contribution < -0.4 is 0 Å². The van der Waals surface area contributed by atoms with Crippen LogP contribution in [-0.2, 0) is 0 Å². The van der Waals surface area contributed by atoms with Gasteiger partial charge in [-0.15, -0.1) is 0 Å². The summed E-state index contributed by atoms with van der Waals surface area (Å²) in [5.41, 5.74) is 0.924. The normalized spacial score (nSPS) is 11.3. The van der Waals surface area contributed by atoms with Crippen LogP contribution >= 0.6 is 11.8 Å². The molecule has 0 heterocycles. The molecule has 0 spiro atoms. The lowest BCUT2D eigenvalue weighted by atomic mass is 10.2. The zero-order valence-corrected chi connectivity index (χ0v) is 10.8. The molecule has 0 saturated carbocycles. The Labute approximate surface area is 115 Å². The summed E-state index contributed by atoms with van der Waals surface area (Å²) in [6.45, 7) is 0. The highest BCUT2D eigenvalue weighted by molar-refractivity contribution is 8.02. The van der Waals surface area contributed by atoms with E-state index in [2.05, 4.69) is 0 Å². The molecule has 19 heavy (non-hydrogen) atoms. The summed E-state index contributed by atoms with van der Waals surface area (Å²) in [7, 11) is 0. The molecule has 0 fully saturated rings. The van der Waals surface area contributed by atoms with Gasteiger partial charge in [0.25, 0.3) is 0 Å². The minimum absolute atomic E-state index is 0.116. The molecule has 0 aliphatic heterocycles. The second kappa shape index (κ2) is 6.11. The minimum Gasteiger partial charge on any atom is -0.507 e. The third-order valence-electron chi connectivity index (χ3n) is 2.48. The molecule has 0 bridgehead atoms. The lowest BCUT2D eigenvalue weighted by Crippen LogP contribution is -1.97. The van der Waals surface area contributed by atoms with Crippen molar-refractivity contribution in [1.82, 2.24) is 0 Å². The van der Waals surface area contributed by atoms with Crippen LogP contribution in [0.1, 0.15) is 15.9 Å². The first kappa shape index (κ1) is 13.2. The van der Waals surface area contributed by atoms with Crippen molar-refractivity contribution in [2.45, 2.75) is 4.90 Å². The number of aliphatic hydroxyl groups excluding tert-OH is 1. The number of hydrogen-bond donors (Lipinski definition) is 2. The Balaban J connectivity index is 2.21. The number of carbonyl (C=O) groups is 1. The second-order valence-corrected chi connectivity index (χ2v) is 4.70. The van der Waals surface area contributed by atoms with Crippen LogP contribution in [0.15, 0.2) is 64.9 Å². The number of aromatic carboxylic acids is 1. The van der Waals surface area contributed by atoms with Crippen molar-refractivity contribution in [3.63, 3.8) is 0 Å². The predicted molar refractivity (Wildman–Crippen MR) is 76.3 cm³/mol. The van der Waals surface area contributed by atoms with E-state index in [1.807, 2.05) is 18.2 Å². The van der Waals surface area contributed by atoms with Gasteiger partial charge in [0.2, 0.25) is 0 Å². The number of thioether (sulfide) groups is 1. The molecule has 3 nitrogen and oxygen atoms in total. The van der Waals surface area contributed by atoms with Crippen molar-refractivity contribution >= 4 is 23.5 Å². The Morgan fingerprint density at radius 3 is 2.26 bits per heavy atom. The first-order valence-corrected chi connectivity index (χ1v) is 6.50. The Kier molecular flexibility index (Phi) is 4.26. The van der Waals surface area contributed by atoms with Gasteiger partial charge in [-0.05, 0) is 12.1 Å². The van der Waals surface area contributed by atoms with Crippen molar-refractivity contribution in [2.75, 3.05) is 0 Å². The first-order valence-electron chi connectivity index (χ1n) is 5.62. The monoisotopic (exact) mass is 272 g/mol. The second-order valence-electron chi connectivity index (χ2n) is 3.79. The Morgan fingerprint density at radius 2 is 1.58 bits per heavy atom. The van der Waals surface area contributed by atoms with Crippen LogP contribution in [0.4, 0.5) is 0 Å². The summed E-state index contributed by atoms with van der Waals surface area (Å²) in [5.74, 6) is -0.860. The van der Waals surface area contributed by atoms with E-state index in [1.165, 1.54) is 23.2 Å². The summed E-state index contributed by atoms with van der Waals surface area (Å²) < 4.78 is 0. The molecule has 0 aromatic heterocycles. The predicted octanol–water partition coefficient (Wildman–Crippen LogP) is 4.03. The Bertz CT molecular complexity index is 606. The highest BCUT2D eigenvalue weighted by atomic mass is 32.2. The van der Waals surface area contributed by atoms with Gasteiger partial charge in [0.15, 0.2) is 0 Å². The first-order chi connectivity index (χ1) is 9.18. The molecule has 4 heteroatoms. The number of hydrogen-bond acceptors (Lipinski definition) is 3. The van der Waals surface area contributed by atoms with Crippen molar-refractivity contribution in [2.24, 2.45) is 0 Å². The molecule has 2 rings (SSSR count). The van der Waals surface area contributed by atoms with Gasteiger partial charge < -0.3 is 10.2 Å². The van der Waals surface area contributed by atoms with E-state index in [9.17, 15) is 9.90 Å². The summed E-state index contributed by atoms with van der Waals surface area (Å²) in [5, 5.41) is 20.5. The van der Waals surface area contributed by atoms with Gasteiger partial charge in [-0.2, -0.15) is 0 Å². The van der Waals surface area contributed by atoms with Gasteiger partial charge in [0.1, 0.15) is 5.76 Å². The van der Waals surface area contributed by atoms with Crippen LogP contribution in [0.2, 0.25) is 0 Å². The van der Waals surface area contributed by atoms with Crippen LogP contribution in [0, 0.1) is 0 Å². The largest absolute Gasteiger partial charge is 0.507 e. The van der Waals surface area contributed by atoms with Crippen LogP contribution in [0.3, 0.4) is 0 Å². The number of rotatable bonds is 4. The van der Waals surface area contributed by atoms with E-state index >= 15 is 0 Å². The van der Waals surface area contributed by atoms with Gasteiger partial charge in [0, 0.05) is 15.9 Å². The maximum Gasteiger partial charge on any atom is 0.336 e. The minimum atomic E-state index is -0.976. The SMILES string of the molecule is O=C(O)c1ccccc1S/C=C(\O)c1ccccc1. The highest BCUT2D eigenvalue weighted by Gasteiger charge is 2.08. The van der Waals surface area contributed by atoms with Crippen LogP contribution in [0.5, 0.6) is 0 Å². The van der Waals surface area contributed by atoms with Crippen molar-refractivity contribution in [3.8, 4) is 0 Å². The Hall–Kier alpha value is -2.20. The molecule has 0 atom stereocenters. The average Bonchev–Trinajstić information content (AvgIpc) is 2.46. The van der Waals surface area contributed by atoms with E-state index < -0.39 is 5.97 Å². The number of carboxylic acid groups (broad SMARTS) is 1. The molecule has 0 aliphatic rings. The number of carboxylic acids is 1. The van der Waals surface area contributed by atoms with Crippen molar-refractivity contribution in [1.29, 1.82) is 0 Å². The number of aliphatic hydroxyl groups is 1. The fourth-order valence-corrected chi connectivity index (χ4v) is 2.36. The standard InChI is InChI=1S/C15H12O3S/c16-13(11-6-2-1-3-7-11)10-19-14-9-5-4-8-12(14)15(17)18/h1-10,16H,(H,17,18)/b13-10-. The molecule has 2 aromatic rings. The molecule has 2 N–H and O–H groups in total. The molecule has 96 valence electrons. The summed E-state index contributed by atoms with van der Waals surface area (Å²) in [6.07, 6.45) is 0. The highest BCUT2D eigenvalue weighted by Crippen LogP contribution is 2.26. The van der Waals surface area contributed by atoms with E-state index in [0.29, 0.717) is 10.5 Å². The zero-order valence-electron chi connectivity index (χ0n) is 9.98. The third kappa shape index (κ3) is 3.39. The quantitative estimate of drug-likeness (QED) is 0.651. The lowest BCUT2D eigenvalue weighted by Gasteiger charge is -2.03. The third-order valence-corrected chi connectivity index (χ3v) is 3.44. The summed E-state index contributed by atoms with van der Waals surface area (Å²) >= 11 is 1.19. The fraction of sp³-hybridized carbons (Fsp3) is 0. The average molecular weight is 272 g/mol. The van der Waals surface area contributed by atoms with Gasteiger partial charge in [-0.1, -0.05) is 54.2 Å². The molecule has 0 amide bonds. The maximum absolute atomic E-state index is 11.0. The molecular formula is C15H12O3S. The zero-order chi connectivity index (χ0) is 13.7. The lowest BCUT2D eigenvalue weighted by molar-refractivity contribution is 0.0693. The summed E-state index contributed by atoms with van der Waals surface area (Å²) in [4.78, 5) is 11.6. The van der Waals surface area contributed by atoms with Gasteiger partial charge in [-0.3, -0.25) is 0 Å². The number of benzene rings is 2. The molecule has 0 aliphatic carbocycles. The van der Waals surface area contributed by atoms with E-state index in [0.717, 1.165) is 0 Å². The molecule has 0 unspecified atom stereocenters. The van der Waals surface area contributed by atoms with E-state index in [4.69, 9.17) is 5.11 Å². The summed E-state index contributed by atoms with van der Waals surface area (Å²) in [6, 6.07) is 15.8. The van der Waals surface area contributed by atoms with E-state index in [1.54, 1.807) is 30.3 Å². The molecular weight excluding hydrogens is 260 g/mol. The maximum atomic E-state index is 11.0.